The normalized spacial score (nSPS) is 10.5. The van der Waals surface area contributed by atoms with Crippen LogP contribution in [0.3, 0.4) is 0 Å². The fourth-order valence-corrected chi connectivity index (χ4v) is 2.40. The van der Waals surface area contributed by atoms with Gasteiger partial charge in [-0.25, -0.2) is 8.78 Å². The molecule has 2 aromatic rings. The molecule has 0 atom stereocenters. The first-order valence-electron chi connectivity index (χ1n) is 6.03. The maximum atomic E-state index is 13.8. The minimum absolute atomic E-state index is 0.227. The van der Waals surface area contributed by atoms with Crippen molar-refractivity contribution in [3.8, 4) is 0 Å². The molecule has 0 spiro atoms. The van der Waals surface area contributed by atoms with Crippen molar-refractivity contribution in [2.75, 3.05) is 7.05 Å². The Bertz CT molecular complexity index is 653. The summed E-state index contributed by atoms with van der Waals surface area (Å²) in [5.41, 5.74) is 0.253. The zero-order valence-electron chi connectivity index (χ0n) is 11.0. The molecule has 0 bridgehead atoms. The van der Waals surface area contributed by atoms with Crippen molar-refractivity contribution < 1.29 is 13.6 Å². The molecule has 21 heavy (non-hydrogen) atoms. The van der Waals surface area contributed by atoms with Crippen LogP contribution in [0.2, 0.25) is 5.02 Å². The molecule has 0 fully saturated rings. The Balaban J connectivity index is 2.22. The molecule has 2 rings (SSSR count). The van der Waals surface area contributed by atoms with E-state index in [0.717, 1.165) is 17.7 Å². The van der Waals surface area contributed by atoms with Gasteiger partial charge in [0.1, 0.15) is 17.2 Å². The Morgan fingerprint density at radius 3 is 2.24 bits per heavy atom. The lowest BCUT2D eigenvalue weighted by Crippen LogP contribution is -2.28. The lowest BCUT2D eigenvalue weighted by molar-refractivity contribution is 0.0775. The summed E-state index contributed by atoms with van der Waals surface area (Å²) < 4.78 is 27.8. The highest BCUT2D eigenvalue weighted by Crippen LogP contribution is 2.21. The molecule has 0 saturated carbocycles. The van der Waals surface area contributed by atoms with Crippen molar-refractivity contribution >= 4 is 33.4 Å². The molecule has 110 valence electrons. The molecule has 0 heterocycles. The van der Waals surface area contributed by atoms with Crippen molar-refractivity contribution in [2.45, 2.75) is 6.54 Å². The second kappa shape index (κ2) is 6.54. The summed E-state index contributed by atoms with van der Waals surface area (Å²) in [5, 5.41) is 0.581. The zero-order chi connectivity index (χ0) is 15.6. The predicted octanol–water partition coefficient (Wildman–Crippen LogP) is 4.65. The van der Waals surface area contributed by atoms with Crippen LogP contribution in [0.5, 0.6) is 0 Å². The van der Waals surface area contributed by atoms with Gasteiger partial charge < -0.3 is 4.90 Å². The van der Waals surface area contributed by atoms with Gasteiger partial charge in [-0.05, 0) is 29.8 Å². The van der Waals surface area contributed by atoms with E-state index in [0.29, 0.717) is 5.02 Å². The number of amides is 1. The van der Waals surface area contributed by atoms with Crippen molar-refractivity contribution in [1.29, 1.82) is 0 Å². The number of rotatable bonds is 3. The number of hydrogen-bond acceptors (Lipinski definition) is 1. The summed E-state index contributed by atoms with van der Waals surface area (Å²) >= 11 is 8.76. The van der Waals surface area contributed by atoms with Gasteiger partial charge in [-0.3, -0.25) is 4.79 Å². The monoisotopic (exact) mass is 373 g/mol. The van der Waals surface area contributed by atoms with Crippen LogP contribution in [0.25, 0.3) is 0 Å². The van der Waals surface area contributed by atoms with Gasteiger partial charge in [0, 0.05) is 23.1 Å². The average molecular weight is 375 g/mol. The maximum Gasteiger partial charge on any atom is 0.259 e. The first-order valence-corrected chi connectivity index (χ1v) is 7.20. The van der Waals surface area contributed by atoms with Gasteiger partial charge in [-0.15, -0.1) is 0 Å². The molecule has 2 aromatic carbocycles. The van der Waals surface area contributed by atoms with Crippen molar-refractivity contribution in [3.05, 3.63) is 68.7 Å². The predicted molar refractivity (Wildman–Crippen MR) is 81.3 cm³/mol. The van der Waals surface area contributed by atoms with Crippen molar-refractivity contribution in [3.63, 3.8) is 0 Å². The van der Waals surface area contributed by atoms with Crippen molar-refractivity contribution in [1.82, 2.24) is 4.90 Å². The first kappa shape index (κ1) is 15.9. The van der Waals surface area contributed by atoms with E-state index in [1.807, 2.05) is 0 Å². The zero-order valence-corrected chi connectivity index (χ0v) is 13.4. The highest BCUT2D eigenvalue weighted by Gasteiger charge is 2.21. The number of carbonyl (C=O) groups is 1. The van der Waals surface area contributed by atoms with Gasteiger partial charge in [0.05, 0.1) is 0 Å². The molecular weight excluding hydrogens is 364 g/mol. The summed E-state index contributed by atoms with van der Waals surface area (Å²) in [5.74, 6) is -2.50. The van der Waals surface area contributed by atoms with Crippen LogP contribution in [0.4, 0.5) is 8.78 Å². The largest absolute Gasteiger partial charge is 0.337 e. The van der Waals surface area contributed by atoms with Crippen molar-refractivity contribution in [2.24, 2.45) is 0 Å². The Morgan fingerprint density at radius 1 is 1.19 bits per heavy atom. The Kier molecular flexibility index (Phi) is 4.96. The third kappa shape index (κ3) is 3.80. The van der Waals surface area contributed by atoms with Gasteiger partial charge >= 0.3 is 0 Å². The van der Waals surface area contributed by atoms with E-state index in [1.54, 1.807) is 24.3 Å². The second-order valence-electron chi connectivity index (χ2n) is 4.53. The molecule has 0 aliphatic carbocycles. The molecule has 0 radical (unpaired) electrons. The highest BCUT2D eigenvalue weighted by atomic mass is 79.9. The highest BCUT2D eigenvalue weighted by molar-refractivity contribution is 9.10. The molecule has 6 heteroatoms. The molecule has 0 saturated heterocycles. The number of hydrogen-bond donors (Lipinski definition) is 0. The molecule has 0 aliphatic heterocycles. The minimum Gasteiger partial charge on any atom is -0.337 e. The number of halogens is 4. The summed E-state index contributed by atoms with van der Waals surface area (Å²) in [6.45, 7) is 0.227. The molecule has 0 N–H and O–H groups in total. The lowest BCUT2D eigenvalue weighted by atomic mass is 10.1. The topological polar surface area (TPSA) is 20.3 Å². The van der Waals surface area contributed by atoms with Gasteiger partial charge in [0.2, 0.25) is 0 Å². The van der Waals surface area contributed by atoms with Crippen LogP contribution in [0.15, 0.2) is 40.9 Å². The summed E-state index contributed by atoms with van der Waals surface area (Å²) in [6.07, 6.45) is 0. The van der Waals surface area contributed by atoms with E-state index in [4.69, 9.17) is 11.6 Å². The molecular formula is C15H11BrClF2NO. The third-order valence-corrected chi connectivity index (χ3v) is 3.61. The number of carbonyl (C=O) groups excluding carboxylic acids is 1. The van der Waals surface area contributed by atoms with Gasteiger partial charge in [-0.1, -0.05) is 39.7 Å². The number of benzene rings is 2. The van der Waals surface area contributed by atoms with Gasteiger partial charge in [0.25, 0.3) is 5.91 Å². The van der Waals surface area contributed by atoms with E-state index >= 15 is 0 Å². The van der Waals surface area contributed by atoms with Crippen LogP contribution in [0.1, 0.15) is 15.9 Å². The maximum absolute atomic E-state index is 13.8. The van der Waals surface area contributed by atoms with Crippen LogP contribution < -0.4 is 0 Å². The van der Waals surface area contributed by atoms with Gasteiger partial charge in [0.15, 0.2) is 0 Å². The smallest absolute Gasteiger partial charge is 0.259 e. The van der Waals surface area contributed by atoms with Gasteiger partial charge in [-0.2, -0.15) is 0 Å². The molecule has 0 aliphatic rings. The molecule has 0 aromatic heterocycles. The van der Waals surface area contributed by atoms with Crippen LogP contribution >= 0.6 is 27.5 Å². The average Bonchev–Trinajstić information content (AvgIpc) is 2.40. The Labute approximate surface area is 134 Å². The molecule has 1 amide bonds. The van der Waals surface area contributed by atoms with E-state index in [1.165, 1.54) is 11.9 Å². The Hall–Kier alpha value is -1.46. The summed E-state index contributed by atoms with van der Waals surface area (Å²) in [7, 11) is 1.48. The van der Waals surface area contributed by atoms with E-state index in [-0.39, 0.29) is 11.0 Å². The first-order chi connectivity index (χ1) is 9.88. The lowest BCUT2D eigenvalue weighted by Gasteiger charge is -2.18. The van der Waals surface area contributed by atoms with E-state index < -0.39 is 23.1 Å². The quantitative estimate of drug-likeness (QED) is 0.765. The SMILES string of the molecule is CN(Cc1ccc(Cl)cc1)C(=O)c1c(F)cc(Br)cc1F. The van der Waals surface area contributed by atoms with E-state index in [2.05, 4.69) is 15.9 Å². The van der Waals surface area contributed by atoms with Crippen LogP contribution in [-0.4, -0.2) is 17.9 Å². The van der Waals surface area contributed by atoms with Crippen LogP contribution in [0, 0.1) is 11.6 Å². The minimum atomic E-state index is -0.894. The summed E-state index contributed by atoms with van der Waals surface area (Å²) in [6, 6.07) is 9.01. The fourth-order valence-electron chi connectivity index (χ4n) is 1.87. The second-order valence-corrected chi connectivity index (χ2v) is 5.88. The third-order valence-electron chi connectivity index (χ3n) is 2.90. The molecule has 0 unspecified atom stereocenters. The number of nitrogens with zero attached hydrogens (tertiary/aromatic N) is 1. The summed E-state index contributed by atoms with van der Waals surface area (Å²) in [4.78, 5) is 13.4. The molecule has 2 nitrogen and oxygen atoms in total. The van der Waals surface area contributed by atoms with E-state index in [9.17, 15) is 13.6 Å². The van der Waals surface area contributed by atoms with Crippen LogP contribution in [-0.2, 0) is 6.54 Å². The Morgan fingerprint density at radius 2 is 1.71 bits per heavy atom. The fraction of sp³-hybridized carbons (Fsp3) is 0.133. The standard InChI is InChI=1S/C15H11BrClF2NO/c1-20(8-9-2-4-11(17)5-3-9)15(21)14-12(18)6-10(16)7-13(14)19/h2-7H,8H2,1H3.